The Kier molecular flexibility index (Phi) is 6.52. The number of nitrogens with zero attached hydrogens (tertiary/aromatic N) is 1. The molecule has 0 saturated heterocycles. The Morgan fingerprint density at radius 1 is 1.20 bits per heavy atom. The number of hydrogen-bond acceptors (Lipinski definition) is 5. The normalized spacial score (nSPS) is 19.0. The van der Waals surface area contributed by atoms with E-state index >= 15 is 0 Å². The smallest absolute Gasteiger partial charge is 0.324 e. The maximum absolute atomic E-state index is 12.1. The molecule has 9 heteroatoms. The van der Waals surface area contributed by atoms with Crippen LogP contribution < -0.4 is 0 Å². The molecule has 1 aromatic rings. The minimum absolute atomic E-state index is 0.0383. The van der Waals surface area contributed by atoms with Crippen LogP contribution in [-0.2, 0) is 24.6 Å². The molecule has 0 aliphatic carbocycles. The Bertz CT molecular complexity index is 483. The third-order valence-electron chi connectivity index (χ3n) is 2.52. The van der Waals surface area contributed by atoms with Crippen LogP contribution in [-0.4, -0.2) is 33.4 Å². The lowest BCUT2D eigenvalue weighted by Gasteiger charge is -2.25. The third-order valence-corrected chi connectivity index (χ3v) is 7.40. The molecule has 0 aliphatic rings. The lowest BCUT2D eigenvalue weighted by Crippen LogP contribution is -2.16. The highest BCUT2D eigenvalue weighted by Crippen LogP contribution is 2.66. The maximum atomic E-state index is 12.1. The van der Waals surface area contributed by atoms with Gasteiger partial charge in [0.2, 0.25) is 0 Å². The van der Waals surface area contributed by atoms with Gasteiger partial charge in [-0.1, -0.05) is 6.07 Å². The molecule has 114 valence electrons. The van der Waals surface area contributed by atoms with Crippen LogP contribution in [0.4, 0.5) is 0 Å². The topological polar surface area (TPSA) is 106 Å². The predicted molar refractivity (Wildman–Crippen MR) is 74.6 cm³/mol. The average molecular weight is 323 g/mol. The summed E-state index contributed by atoms with van der Waals surface area (Å²) in [6.45, 7) is 2.99. The van der Waals surface area contributed by atoms with Crippen LogP contribution in [0.1, 0.15) is 19.4 Å². The first-order valence-corrected chi connectivity index (χ1v) is 9.45. The molecule has 2 N–H and O–H groups in total. The molecular weight excluding hydrogens is 304 g/mol. The summed E-state index contributed by atoms with van der Waals surface area (Å²) >= 11 is 0. The summed E-state index contributed by atoms with van der Waals surface area (Å²) in [7, 11) is -8.57. The van der Waals surface area contributed by atoms with E-state index in [9.17, 15) is 18.9 Å². The maximum Gasteiger partial charge on any atom is 0.343 e. The van der Waals surface area contributed by atoms with E-state index < -0.39 is 20.6 Å². The van der Waals surface area contributed by atoms with Gasteiger partial charge in [-0.2, -0.15) is 0 Å². The standard InChI is InChI=1S/C11H19NO6P2/c1-3-17-19(13,14)11(20(15,16)18-4-2)8-10-6-5-7-12-9-10/h5-7,9,11H,3-4,8H2,1-2H3,(H,13,14)(H,15,16). The van der Waals surface area contributed by atoms with E-state index in [0.717, 1.165) is 0 Å². The Morgan fingerprint density at radius 2 is 1.75 bits per heavy atom. The molecule has 2 unspecified atom stereocenters. The van der Waals surface area contributed by atoms with Crippen molar-refractivity contribution in [1.82, 2.24) is 4.98 Å². The first kappa shape index (κ1) is 17.5. The molecule has 0 aliphatic heterocycles. The fourth-order valence-corrected chi connectivity index (χ4v) is 5.53. The van der Waals surface area contributed by atoms with Crippen molar-refractivity contribution in [3.63, 3.8) is 0 Å². The zero-order valence-electron chi connectivity index (χ0n) is 11.4. The zero-order valence-corrected chi connectivity index (χ0v) is 13.2. The van der Waals surface area contributed by atoms with Crippen molar-refractivity contribution < 1.29 is 28.0 Å². The first-order chi connectivity index (χ1) is 9.33. The van der Waals surface area contributed by atoms with E-state index in [4.69, 9.17) is 9.05 Å². The molecule has 20 heavy (non-hydrogen) atoms. The third kappa shape index (κ3) is 4.77. The van der Waals surface area contributed by atoms with Crippen LogP contribution in [0.5, 0.6) is 0 Å². The molecule has 1 heterocycles. The number of rotatable bonds is 8. The van der Waals surface area contributed by atoms with E-state index in [2.05, 4.69) is 4.98 Å². The fourth-order valence-electron chi connectivity index (χ4n) is 1.69. The summed E-state index contributed by atoms with van der Waals surface area (Å²) in [4.78, 5) is 23.7. The van der Waals surface area contributed by atoms with Crippen molar-refractivity contribution >= 4 is 15.2 Å². The average Bonchev–Trinajstić information content (AvgIpc) is 2.36. The van der Waals surface area contributed by atoms with Gasteiger partial charge in [0.05, 0.1) is 13.2 Å². The molecular formula is C11H19NO6P2. The molecule has 0 bridgehead atoms. The molecule has 0 aromatic carbocycles. The minimum atomic E-state index is -4.29. The van der Waals surface area contributed by atoms with Gasteiger partial charge in [-0.25, -0.2) is 0 Å². The van der Waals surface area contributed by atoms with Crippen LogP contribution in [0.25, 0.3) is 0 Å². The van der Waals surface area contributed by atoms with Gasteiger partial charge < -0.3 is 18.8 Å². The second kappa shape index (κ2) is 7.46. The predicted octanol–water partition coefficient (Wildman–Crippen LogP) is 2.39. The molecule has 0 spiro atoms. The van der Waals surface area contributed by atoms with E-state index in [0.29, 0.717) is 5.56 Å². The van der Waals surface area contributed by atoms with E-state index in [1.54, 1.807) is 18.3 Å². The Balaban J connectivity index is 3.08. The highest BCUT2D eigenvalue weighted by molar-refractivity contribution is 7.71. The van der Waals surface area contributed by atoms with Gasteiger partial charge in [-0.3, -0.25) is 14.1 Å². The number of hydrogen-bond donors (Lipinski definition) is 2. The lowest BCUT2D eigenvalue weighted by molar-refractivity contribution is 0.247. The monoisotopic (exact) mass is 323 g/mol. The number of pyridine rings is 1. The second-order valence-corrected chi connectivity index (χ2v) is 8.44. The SMILES string of the molecule is CCOP(=O)(O)C(Cc1cccnc1)P(=O)(O)OCC. The molecule has 1 rings (SSSR count). The van der Waals surface area contributed by atoms with E-state index in [1.165, 1.54) is 20.0 Å². The number of aromatic nitrogens is 1. The van der Waals surface area contributed by atoms with Crippen LogP contribution >= 0.6 is 15.2 Å². The summed E-state index contributed by atoms with van der Waals surface area (Å²) in [6.07, 6.45) is 2.88. The second-order valence-electron chi connectivity index (χ2n) is 4.01. The van der Waals surface area contributed by atoms with Crippen LogP contribution in [0, 0.1) is 0 Å². The highest BCUT2D eigenvalue weighted by Gasteiger charge is 2.47. The van der Waals surface area contributed by atoms with E-state index in [1.807, 2.05) is 0 Å². The minimum Gasteiger partial charge on any atom is -0.324 e. The molecule has 0 fully saturated rings. The summed E-state index contributed by atoms with van der Waals surface area (Å²) in [5.41, 5.74) is 0.556. The van der Waals surface area contributed by atoms with Crippen molar-refractivity contribution in [2.75, 3.05) is 13.2 Å². The van der Waals surface area contributed by atoms with Gasteiger partial charge in [0, 0.05) is 12.4 Å². The summed E-state index contributed by atoms with van der Waals surface area (Å²) in [6, 6.07) is 3.29. The first-order valence-electron chi connectivity index (χ1n) is 6.16. The summed E-state index contributed by atoms with van der Waals surface area (Å²) in [5.74, 6) is 0. The zero-order chi connectivity index (χ0) is 15.2. The fraction of sp³-hybridized carbons (Fsp3) is 0.545. The highest BCUT2D eigenvalue weighted by atomic mass is 31.2. The van der Waals surface area contributed by atoms with Gasteiger partial charge in [0.15, 0.2) is 5.40 Å². The molecule has 0 saturated carbocycles. The van der Waals surface area contributed by atoms with Crippen molar-refractivity contribution in [1.29, 1.82) is 0 Å². The lowest BCUT2D eigenvalue weighted by atomic mass is 10.2. The van der Waals surface area contributed by atoms with Gasteiger partial charge in [-0.15, -0.1) is 0 Å². The van der Waals surface area contributed by atoms with Crippen LogP contribution in [0.2, 0.25) is 0 Å². The molecule has 0 radical (unpaired) electrons. The Morgan fingerprint density at radius 3 is 2.15 bits per heavy atom. The van der Waals surface area contributed by atoms with Gasteiger partial charge in [-0.05, 0) is 31.9 Å². The molecule has 1 aromatic heterocycles. The van der Waals surface area contributed by atoms with Gasteiger partial charge in [0.1, 0.15) is 0 Å². The van der Waals surface area contributed by atoms with Crippen molar-refractivity contribution in [2.45, 2.75) is 25.7 Å². The van der Waals surface area contributed by atoms with Crippen LogP contribution in [0.15, 0.2) is 24.5 Å². The molecule has 7 nitrogen and oxygen atoms in total. The Hall–Kier alpha value is -0.550. The van der Waals surface area contributed by atoms with Crippen LogP contribution in [0.3, 0.4) is 0 Å². The largest absolute Gasteiger partial charge is 0.343 e. The van der Waals surface area contributed by atoms with Gasteiger partial charge in [0.25, 0.3) is 0 Å². The van der Waals surface area contributed by atoms with E-state index in [-0.39, 0.29) is 19.6 Å². The van der Waals surface area contributed by atoms with Crippen molar-refractivity contribution in [2.24, 2.45) is 0 Å². The van der Waals surface area contributed by atoms with Crippen molar-refractivity contribution in [3.8, 4) is 0 Å². The summed E-state index contributed by atoms with van der Waals surface area (Å²) in [5, 5.41) is -1.53. The Labute approximate surface area is 118 Å². The van der Waals surface area contributed by atoms with Gasteiger partial charge >= 0.3 is 15.2 Å². The molecule has 2 atom stereocenters. The molecule has 0 amide bonds. The quantitative estimate of drug-likeness (QED) is 0.707. The summed E-state index contributed by atoms with van der Waals surface area (Å²) < 4.78 is 33.8. The van der Waals surface area contributed by atoms with Crippen molar-refractivity contribution in [3.05, 3.63) is 30.1 Å².